The molecule has 1 fully saturated rings. The Hall–Kier alpha value is -1.25. The van der Waals surface area contributed by atoms with Crippen molar-refractivity contribution in [2.75, 3.05) is 0 Å². The van der Waals surface area contributed by atoms with Gasteiger partial charge in [0.1, 0.15) is 0 Å². The van der Waals surface area contributed by atoms with E-state index in [1.165, 1.54) is 6.42 Å². The van der Waals surface area contributed by atoms with Gasteiger partial charge in [0.25, 0.3) is 0 Å². The van der Waals surface area contributed by atoms with Crippen LogP contribution in [-0.2, 0) is 11.3 Å². The Morgan fingerprint density at radius 1 is 1.62 bits per heavy atom. The molecule has 1 aliphatic carbocycles. The largest absolute Gasteiger partial charge is 0.367 e. The van der Waals surface area contributed by atoms with Gasteiger partial charge >= 0.3 is 0 Å². The first-order chi connectivity index (χ1) is 7.59. The van der Waals surface area contributed by atoms with Gasteiger partial charge in [0.15, 0.2) is 0 Å². The quantitative estimate of drug-likeness (QED) is 0.807. The van der Waals surface area contributed by atoms with Crippen molar-refractivity contribution in [2.24, 2.45) is 11.3 Å². The lowest BCUT2D eigenvalue weighted by atomic mass is 9.81. The summed E-state index contributed by atoms with van der Waals surface area (Å²) in [5, 5.41) is 3.02. The Labute approximate surface area is 96.6 Å². The van der Waals surface area contributed by atoms with Crippen LogP contribution in [0.2, 0.25) is 0 Å². The average molecular weight is 220 g/mol. The fourth-order valence-corrected chi connectivity index (χ4v) is 2.59. The van der Waals surface area contributed by atoms with E-state index in [2.05, 4.69) is 24.1 Å². The normalized spacial score (nSPS) is 23.2. The molecule has 1 saturated carbocycles. The van der Waals surface area contributed by atoms with Crippen molar-refractivity contribution in [1.82, 2.24) is 10.3 Å². The molecular formula is C13H20N2O. The molecule has 3 nitrogen and oxygen atoms in total. The van der Waals surface area contributed by atoms with Gasteiger partial charge < -0.3 is 10.3 Å². The molecule has 1 aromatic rings. The molecule has 1 atom stereocenters. The lowest BCUT2D eigenvalue weighted by Gasteiger charge is -2.25. The minimum Gasteiger partial charge on any atom is -0.367 e. The third kappa shape index (κ3) is 2.29. The smallest absolute Gasteiger partial charge is 0.223 e. The number of aromatic amines is 1. The van der Waals surface area contributed by atoms with Gasteiger partial charge in [-0.1, -0.05) is 20.3 Å². The van der Waals surface area contributed by atoms with Crippen molar-refractivity contribution in [3.8, 4) is 0 Å². The summed E-state index contributed by atoms with van der Waals surface area (Å²) in [5.41, 5.74) is 1.30. The van der Waals surface area contributed by atoms with Crippen LogP contribution in [0.5, 0.6) is 0 Å². The van der Waals surface area contributed by atoms with Crippen LogP contribution in [0.4, 0.5) is 0 Å². The van der Waals surface area contributed by atoms with E-state index in [4.69, 9.17) is 0 Å². The summed E-state index contributed by atoms with van der Waals surface area (Å²) in [6.45, 7) is 5.02. The first kappa shape index (κ1) is 11.2. The second-order valence-electron chi connectivity index (χ2n) is 5.37. The molecule has 1 amide bonds. The molecule has 0 bridgehead atoms. The molecule has 0 saturated heterocycles. The van der Waals surface area contributed by atoms with E-state index >= 15 is 0 Å². The molecule has 1 aromatic heterocycles. The molecule has 0 aliphatic heterocycles. The molecule has 88 valence electrons. The highest BCUT2D eigenvalue weighted by Crippen LogP contribution is 2.42. The Morgan fingerprint density at radius 2 is 2.44 bits per heavy atom. The highest BCUT2D eigenvalue weighted by Gasteiger charge is 2.38. The van der Waals surface area contributed by atoms with Crippen LogP contribution < -0.4 is 5.32 Å². The predicted molar refractivity (Wildman–Crippen MR) is 63.8 cm³/mol. The Balaban J connectivity index is 1.89. The first-order valence-electron chi connectivity index (χ1n) is 5.99. The van der Waals surface area contributed by atoms with Crippen LogP contribution in [0.1, 0.15) is 38.7 Å². The lowest BCUT2D eigenvalue weighted by molar-refractivity contribution is -0.127. The second-order valence-corrected chi connectivity index (χ2v) is 5.37. The topological polar surface area (TPSA) is 44.9 Å². The van der Waals surface area contributed by atoms with Gasteiger partial charge in [-0.05, 0) is 29.9 Å². The van der Waals surface area contributed by atoms with Crippen LogP contribution >= 0.6 is 0 Å². The number of hydrogen-bond donors (Lipinski definition) is 2. The molecule has 0 radical (unpaired) electrons. The number of rotatable bonds is 3. The van der Waals surface area contributed by atoms with E-state index < -0.39 is 0 Å². The zero-order valence-corrected chi connectivity index (χ0v) is 10.0. The van der Waals surface area contributed by atoms with E-state index in [1.807, 2.05) is 18.5 Å². The van der Waals surface area contributed by atoms with Crippen LogP contribution in [0.3, 0.4) is 0 Å². The second kappa shape index (κ2) is 4.32. The van der Waals surface area contributed by atoms with Gasteiger partial charge in [0.05, 0.1) is 0 Å². The molecule has 2 N–H and O–H groups in total. The minimum absolute atomic E-state index is 0.169. The Morgan fingerprint density at radius 3 is 3.00 bits per heavy atom. The van der Waals surface area contributed by atoms with Crippen molar-refractivity contribution in [3.05, 3.63) is 24.0 Å². The molecule has 1 unspecified atom stereocenters. The summed E-state index contributed by atoms with van der Waals surface area (Å²) in [7, 11) is 0. The maximum atomic E-state index is 12.0. The van der Waals surface area contributed by atoms with Gasteiger partial charge in [-0.15, -0.1) is 0 Å². The number of nitrogens with one attached hydrogen (secondary N) is 2. The van der Waals surface area contributed by atoms with Crippen molar-refractivity contribution < 1.29 is 4.79 Å². The Kier molecular flexibility index (Phi) is 3.03. The molecule has 1 aliphatic rings. The predicted octanol–water partition coefficient (Wildman–Crippen LogP) is 2.46. The molecule has 16 heavy (non-hydrogen) atoms. The number of carbonyl (C=O) groups excluding carboxylic acids is 1. The standard InChI is InChI=1S/C13H20N2O/c1-13(2)6-3-4-11(13)12(16)15-9-10-5-7-14-8-10/h5,7-8,11,14H,3-4,6,9H2,1-2H3,(H,15,16). The minimum atomic E-state index is 0.169. The molecule has 3 heteroatoms. The molecule has 1 heterocycles. The Bertz CT molecular complexity index is 354. The third-order valence-corrected chi connectivity index (χ3v) is 3.70. The number of H-pyrrole nitrogens is 1. The summed E-state index contributed by atoms with van der Waals surface area (Å²) in [6.07, 6.45) is 7.16. The molecule has 0 spiro atoms. The summed E-state index contributed by atoms with van der Waals surface area (Å²) < 4.78 is 0. The van der Waals surface area contributed by atoms with Crippen LogP contribution in [0, 0.1) is 11.3 Å². The van der Waals surface area contributed by atoms with E-state index in [-0.39, 0.29) is 17.2 Å². The first-order valence-corrected chi connectivity index (χ1v) is 5.99. The van der Waals surface area contributed by atoms with Crippen molar-refractivity contribution in [1.29, 1.82) is 0 Å². The summed E-state index contributed by atoms with van der Waals surface area (Å²) in [5.74, 6) is 0.398. The number of hydrogen-bond acceptors (Lipinski definition) is 1. The van der Waals surface area contributed by atoms with Crippen LogP contribution in [0.25, 0.3) is 0 Å². The van der Waals surface area contributed by atoms with Gasteiger partial charge in [-0.25, -0.2) is 0 Å². The highest BCUT2D eigenvalue weighted by molar-refractivity contribution is 5.79. The summed E-state index contributed by atoms with van der Waals surface area (Å²) in [4.78, 5) is 15.0. The zero-order chi connectivity index (χ0) is 11.6. The summed E-state index contributed by atoms with van der Waals surface area (Å²) in [6, 6.07) is 1.99. The SMILES string of the molecule is CC1(C)CCCC1C(=O)NCc1cc[nH]c1. The number of aromatic nitrogens is 1. The van der Waals surface area contributed by atoms with Gasteiger partial charge in [0.2, 0.25) is 5.91 Å². The van der Waals surface area contributed by atoms with Gasteiger partial charge in [-0.3, -0.25) is 4.79 Å². The van der Waals surface area contributed by atoms with Crippen LogP contribution in [-0.4, -0.2) is 10.9 Å². The monoisotopic (exact) mass is 220 g/mol. The van der Waals surface area contributed by atoms with Crippen molar-refractivity contribution in [2.45, 2.75) is 39.7 Å². The molecule has 0 aromatic carbocycles. The maximum Gasteiger partial charge on any atom is 0.223 e. The van der Waals surface area contributed by atoms with Gasteiger partial charge in [0, 0.05) is 24.9 Å². The van der Waals surface area contributed by atoms with E-state index in [0.717, 1.165) is 18.4 Å². The third-order valence-electron chi connectivity index (χ3n) is 3.70. The summed E-state index contributed by atoms with van der Waals surface area (Å²) >= 11 is 0. The zero-order valence-electron chi connectivity index (χ0n) is 10.0. The number of amides is 1. The highest BCUT2D eigenvalue weighted by atomic mass is 16.1. The molecule has 2 rings (SSSR count). The average Bonchev–Trinajstić information content (AvgIpc) is 2.83. The van der Waals surface area contributed by atoms with Crippen molar-refractivity contribution >= 4 is 5.91 Å². The van der Waals surface area contributed by atoms with Crippen molar-refractivity contribution in [3.63, 3.8) is 0 Å². The number of carbonyl (C=O) groups is 1. The van der Waals surface area contributed by atoms with E-state index in [0.29, 0.717) is 6.54 Å². The van der Waals surface area contributed by atoms with E-state index in [1.54, 1.807) is 0 Å². The fourth-order valence-electron chi connectivity index (χ4n) is 2.59. The van der Waals surface area contributed by atoms with Crippen LogP contribution in [0.15, 0.2) is 18.5 Å². The fraction of sp³-hybridized carbons (Fsp3) is 0.615. The maximum absolute atomic E-state index is 12.0. The lowest BCUT2D eigenvalue weighted by Crippen LogP contribution is -2.35. The van der Waals surface area contributed by atoms with Gasteiger partial charge in [-0.2, -0.15) is 0 Å². The molecular weight excluding hydrogens is 200 g/mol. The van der Waals surface area contributed by atoms with E-state index in [9.17, 15) is 4.79 Å².